The highest BCUT2D eigenvalue weighted by Crippen LogP contribution is 2.26. The normalized spacial score (nSPS) is 15.6. The van der Waals surface area contributed by atoms with Gasteiger partial charge in [0.1, 0.15) is 0 Å². The van der Waals surface area contributed by atoms with E-state index in [-0.39, 0.29) is 23.5 Å². The summed E-state index contributed by atoms with van der Waals surface area (Å²) in [7, 11) is -3.67. The van der Waals surface area contributed by atoms with Crippen LogP contribution >= 0.6 is 0 Å². The van der Waals surface area contributed by atoms with Gasteiger partial charge in [0.05, 0.1) is 16.6 Å². The van der Waals surface area contributed by atoms with E-state index in [0.29, 0.717) is 32.1 Å². The van der Waals surface area contributed by atoms with Gasteiger partial charge in [-0.3, -0.25) is 10.0 Å². The summed E-state index contributed by atoms with van der Waals surface area (Å²) < 4.78 is 27.9. The highest BCUT2D eigenvalue weighted by atomic mass is 32.2. The van der Waals surface area contributed by atoms with Gasteiger partial charge >= 0.3 is 0 Å². The molecule has 1 aliphatic heterocycles. The van der Waals surface area contributed by atoms with E-state index in [9.17, 15) is 18.3 Å². The first-order chi connectivity index (χ1) is 17.3. The number of anilines is 1. The lowest BCUT2D eigenvalue weighted by atomic mass is 10.1. The molecule has 0 saturated carbocycles. The first-order valence-corrected chi connectivity index (χ1v) is 12.9. The van der Waals surface area contributed by atoms with Crippen LogP contribution < -0.4 is 15.7 Å². The van der Waals surface area contributed by atoms with Crippen molar-refractivity contribution in [1.29, 1.82) is 0 Å². The van der Waals surface area contributed by atoms with Crippen LogP contribution in [0.5, 0.6) is 0 Å². The molecule has 1 atom stereocenters. The molecule has 3 heterocycles. The summed E-state index contributed by atoms with van der Waals surface area (Å²) in [6.45, 7) is 4.07. The molecule has 1 saturated heterocycles. The molecule has 13 heteroatoms. The Labute approximate surface area is 209 Å². The quantitative estimate of drug-likeness (QED) is 0.202. The maximum absolute atomic E-state index is 13.2. The van der Waals surface area contributed by atoms with Crippen LogP contribution in [0, 0.1) is 0 Å². The predicted octanol–water partition coefficient (Wildman–Crippen LogP) is 0.572. The number of piperazine rings is 1. The molecular weight excluding hydrogens is 486 g/mol. The molecule has 1 aromatic carbocycles. The smallest absolute Gasteiger partial charge is 0.277 e. The molecule has 0 spiro atoms. The number of aliphatic hydroxyl groups excluding tert-OH is 1. The summed E-state index contributed by atoms with van der Waals surface area (Å²) in [5.41, 5.74) is 4.46. The standard InChI is InChI=1S/C23H29N7O5S/c1-16(31)12-24-15-21-20(6-7-25-21)17-2-4-19(5-3-17)36(34,35)30-10-8-29(9-11-30)23-26-13-18(14-27-23)22(32)28-33/h2-7,13-14,16,24-25,31,33H,8-12,15H2,1H3,(H,28,32). The summed E-state index contributed by atoms with van der Waals surface area (Å²) in [5.74, 6) is -0.319. The Hall–Kier alpha value is -3.36. The lowest BCUT2D eigenvalue weighted by Crippen LogP contribution is -2.49. The third kappa shape index (κ3) is 5.71. The number of aromatic amines is 1. The van der Waals surface area contributed by atoms with E-state index in [1.807, 2.05) is 17.2 Å². The van der Waals surface area contributed by atoms with Crippen LogP contribution in [0.25, 0.3) is 11.1 Å². The topological polar surface area (TPSA) is 164 Å². The van der Waals surface area contributed by atoms with E-state index in [2.05, 4.69) is 20.3 Å². The number of amides is 1. The Morgan fingerprint density at radius 3 is 2.39 bits per heavy atom. The Bertz CT molecular complexity index is 1270. The summed E-state index contributed by atoms with van der Waals surface area (Å²) in [5, 5.41) is 21.3. The van der Waals surface area contributed by atoms with Crippen LogP contribution in [-0.2, 0) is 16.6 Å². The van der Waals surface area contributed by atoms with Crippen LogP contribution in [0.15, 0.2) is 53.8 Å². The minimum Gasteiger partial charge on any atom is -0.392 e. The van der Waals surface area contributed by atoms with Crippen LogP contribution in [0.3, 0.4) is 0 Å². The van der Waals surface area contributed by atoms with Gasteiger partial charge in [-0.15, -0.1) is 0 Å². The number of aromatic nitrogens is 3. The molecule has 1 fully saturated rings. The molecule has 4 rings (SSSR count). The van der Waals surface area contributed by atoms with E-state index in [1.54, 1.807) is 31.2 Å². The molecule has 2 aromatic heterocycles. The second kappa shape index (κ2) is 11.1. The van der Waals surface area contributed by atoms with Crippen molar-refractivity contribution >= 4 is 21.9 Å². The van der Waals surface area contributed by atoms with Gasteiger partial charge < -0.3 is 20.3 Å². The number of benzene rings is 1. The van der Waals surface area contributed by atoms with Gasteiger partial charge in [-0.05, 0) is 30.7 Å². The average molecular weight is 516 g/mol. The average Bonchev–Trinajstić information content (AvgIpc) is 3.37. The number of hydroxylamine groups is 1. The largest absolute Gasteiger partial charge is 0.392 e. The molecule has 3 aromatic rings. The summed E-state index contributed by atoms with van der Waals surface area (Å²) >= 11 is 0. The molecule has 0 radical (unpaired) electrons. The van der Waals surface area contributed by atoms with E-state index in [0.717, 1.165) is 16.8 Å². The molecule has 12 nitrogen and oxygen atoms in total. The number of H-pyrrole nitrogens is 1. The van der Waals surface area contributed by atoms with Crippen LogP contribution in [-0.4, -0.2) is 82.7 Å². The number of nitrogens with one attached hydrogen (secondary N) is 3. The first kappa shape index (κ1) is 25.7. The van der Waals surface area contributed by atoms with Gasteiger partial charge in [-0.1, -0.05) is 12.1 Å². The van der Waals surface area contributed by atoms with Crippen molar-refractivity contribution in [3.63, 3.8) is 0 Å². The lowest BCUT2D eigenvalue weighted by molar-refractivity contribution is 0.0705. The summed E-state index contributed by atoms with van der Waals surface area (Å²) in [6, 6.07) is 8.76. The maximum atomic E-state index is 13.2. The van der Waals surface area contributed by atoms with Crippen molar-refractivity contribution in [2.45, 2.75) is 24.5 Å². The number of nitrogens with zero attached hydrogens (tertiary/aromatic N) is 4. The zero-order valence-electron chi connectivity index (χ0n) is 19.8. The molecule has 192 valence electrons. The Morgan fingerprint density at radius 2 is 1.78 bits per heavy atom. The number of carbonyl (C=O) groups is 1. The Kier molecular flexibility index (Phi) is 7.96. The molecule has 1 amide bonds. The monoisotopic (exact) mass is 515 g/mol. The predicted molar refractivity (Wildman–Crippen MR) is 132 cm³/mol. The fourth-order valence-electron chi connectivity index (χ4n) is 3.98. The van der Waals surface area contributed by atoms with Crippen molar-refractivity contribution in [3.05, 3.63) is 60.2 Å². The summed E-state index contributed by atoms with van der Waals surface area (Å²) in [4.78, 5) is 24.9. The van der Waals surface area contributed by atoms with Crippen molar-refractivity contribution in [3.8, 4) is 11.1 Å². The number of hydrogen-bond donors (Lipinski definition) is 5. The van der Waals surface area contributed by atoms with E-state index >= 15 is 0 Å². The zero-order chi connectivity index (χ0) is 25.7. The van der Waals surface area contributed by atoms with Gasteiger partial charge in [0.25, 0.3) is 5.91 Å². The highest BCUT2D eigenvalue weighted by molar-refractivity contribution is 7.89. The van der Waals surface area contributed by atoms with Crippen molar-refractivity contribution < 1.29 is 23.5 Å². The molecule has 1 aliphatic rings. The zero-order valence-corrected chi connectivity index (χ0v) is 20.6. The molecule has 0 aliphatic carbocycles. The lowest BCUT2D eigenvalue weighted by Gasteiger charge is -2.34. The second-order valence-corrected chi connectivity index (χ2v) is 10.4. The third-order valence-corrected chi connectivity index (χ3v) is 7.81. The first-order valence-electron chi connectivity index (χ1n) is 11.5. The number of rotatable bonds is 9. The molecular formula is C23H29N7O5S. The number of sulfonamides is 1. The van der Waals surface area contributed by atoms with Crippen LogP contribution in [0.1, 0.15) is 23.0 Å². The molecule has 1 unspecified atom stereocenters. The SMILES string of the molecule is CC(O)CNCc1[nH]ccc1-c1ccc(S(=O)(=O)N2CCN(c3ncc(C(=O)NO)cn3)CC2)cc1. The maximum Gasteiger partial charge on any atom is 0.277 e. The fourth-order valence-corrected chi connectivity index (χ4v) is 5.40. The van der Waals surface area contributed by atoms with Gasteiger partial charge in [0.2, 0.25) is 16.0 Å². The van der Waals surface area contributed by atoms with Crippen molar-refractivity contribution in [2.75, 3.05) is 37.6 Å². The third-order valence-electron chi connectivity index (χ3n) is 5.90. The second-order valence-electron chi connectivity index (χ2n) is 8.48. The molecule has 0 bridgehead atoms. The Morgan fingerprint density at radius 1 is 1.11 bits per heavy atom. The number of carbonyl (C=O) groups excluding carboxylic acids is 1. The van der Waals surface area contributed by atoms with E-state index in [1.165, 1.54) is 22.2 Å². The van der Waals surface area contributed by atoms with Crippen molar-refractivity contribution in [2.24, 2.45) is 0 Å². The summed E-state index contributed by atoms with van der Waals surface area (Å²) in [6.07, 6.45) is 4.00. The fraction of sp³-hybridized carbons (Fsp3) is 0.348. The highest BCUT2D eigenvalue weighted by Gasteiger charge is 2.29. The van der Waals surface area contributed by atoms with Gasteiger partial charge in [-0.25, -0.2) is 23.9 Å². The van der Waals surface area contributed by atoms with E-state index < -0.39 is 22.0 Å². The number of aliphatic hydroxyl groups is 1. The van der Waals surface area contributed by atoms with Gasteiger partial charge in [0.15, 0.2) is 0 Å². The minimum absolute atomic E-state index is 0.119. The Balaban J connectivity index is 1.39. The van der Waals surface area contributed by atoms with Crippen molar-refractivity contribution in [1.82, 2.24) is 30.1 Å². The van der Waals surface area contributed by atoms with Crippen LogP contribution in [0.4, 0.5) is 5.95 Å². The van der Waals surface area contributed by atoms with Gasteiger partial charge in [-0.2, -0.15) is 4.31 Å². The molecule has 5 N–H and O–H groups in total. The van der Waals surface area contributed by atoms with Gasteiger partial charge in [0, 0.05) is 69.1 Å². The van der Waals surface area contributed by atoms with Crippen LogP contribution in [0.2, 0.25) is 0 Å². The minimum atomic E-state index is -3.67. The number of hydrogen-bond acceptors (Lipinski definition) is 9. The molecule has 36 heavy (non-hydrogen) atoms. The van der Waals surface area contributed by atoms with E-state index in [4.69, 9.17) is 5.21 Å².